The Morgan fingerprint density at radius 2 is 2.19 bits per heavy atom. The largest absolute Gasteiger partial charge is 0.480 e. The SMILES string of the molecule is CC1=C[C@H]2CC3=CC(=O)N(CC(=O)O)[C@@H]3C(C)(C)[C@H]2CC1. The van der Waals surface area contributed by atoms with Gasteiger partial charge in [0.1, 0.15) is 6.54 Å². The molecule has 0 aromatic carbocycles. The summed E-state index contributed by atoms with van der Waals surface area (Å²) in [6.45, 7) is 6.38. The average Bonchev–Trinajstić information content (AvgIpc) is 2.65. The van der Waals surface area contributed by atoms with E-state index < -0.39 is 5.97 Å². The predicted molar refractivity (Wildman–Crippen MR) is 79.6 cm³/mol. The van der Waals surface area contributed by atoms with Gasteiger partial charge in [-0.3, -0.25) is 9.59 Å². The first-order valence-corrected chi connectivity index (χ1v) is 7.71. The van der Waals surface area contributed by atoms with Gasteiger partial charge >= 0.3 is 5.97 Å². The van der Waals surface area contributed by atoms with Crippen LogP contribution in [0.1, 0.15) is 40.0 Å². The van der Waals surface area contributed by atoms with Crippen molar-refractivity contribution in [1.82, 2.24) is 4.90 Å². The maximum atomic E-state index is 12.2. The minimum Gasteiger partial charge on any atom is -0.480 e. The molecule has 1 fully saturated rings. The standard InChI is InChI=1S/C17H23NO3/c1-10-4-5-13-11(6-10)7-12-8-14(19)18(9-15(20)21)16(12)17(13,2)3/h6,8,11,13,16H,4-5,7,9H2,1-3H3,(H,20,21)/t11-,13-,16-/m0/s1. The summed E-state index contributed by atoms with van der Waals surface area (Å²) in [6, 6.07) is -0.0471. The van der Waals surface area contributed by atoms with E-state index in [1.807, 2.05) is 0 Å². The number of carbonyl (C=O) groups is 2. The summed E-state index contributed by atoms with van der Waals surface area (Å²) in [5, 5.41) is 9.09. The fraction of sp³-hybridized carbons (Fsp3) is 0.647. The highest BCUT2D eigenvalue weighted by Gasteiger charge is 2.53. The third kappa shape index (κ3) is 2.21. The normalized spacial score (nSPS) is 34.0. The van der Waals surface area contributed by atoms with Crippen LogP contribution in [0.3, 0.4) is 0 Å². The van der Waals surface area contributed by atoms with Crippen molar-refractivity contribution < 1.29 is 14.7 Å². The summed E-state index contributed by atoms with van der Waals surface area (Å²) in [5.74, 6) is -0.0560. The Labute approximate surface area is 125 Å². The number of carbonyl (C=O) groups excluding carboxylic acids is 1. The van der Waals surface area contributed by atoms with E-state index in [0.29, 0.717) is 11.8 Å². The quantitative estimate of drug-likeness (QED) is 0.795. The molecular formula is C17H23NO3. The van der Waals surface area contributed by atoms with Gasteiger partial charge in [0, 0.05) is 6.08 Å². The number of allylic oxidation sites excluding steroid dienone is 2. The van der Waals surface area contributed by atoms with Crippen LogP contribution in [-0.4, -0.2) is 34.5 Å². The number of hydrogen-bond acceptors (Lipinski definition) is 2. The van der Waals surface area contributed by atoms with Crippen LogP contribution < -0.4 is 0 Å². The Bertz CT molecular complexity index is 558. The lowest BCUT2D eigenvalue weighted by molar-refractivity contribution is -0.145. The molecule has 1 amide bonds. The summed E-state index contributed by atoms with van der Waals surface area (Å²) in [5.41, 5.74) is 2.49. The molecule has 114 valence electrons. The zero-order valence-electron chi connectivity index (χ0n) is 12.9. The molecule has 3 atom stereocenters. The first-order chi connectivity index (χ1) is 9.80. The summed E-state index contributed by atoms with van der Waals surface area (Å²) < 4.78 is 0. The predicted octanol–water partition coefficient (Wildman–Crippen LogP) is 2.61. The fourth-order valence-electron chi connectivity index (χ4n) is 4.77. The van der Waals surface area contributed by atoms with Gasteiger partial charge in [-0.15, -0.1) is 0 Å². The van der Waals surface area contributed by atoms with E-state index in [4.69, 9.17) is 5.11 Å². The van der Waals surface area contributed by atoms with Crippen LogP contribution in [0.15, 0.2) is 23.3 Å². The van der Waals surface area contributed by atoms with Gasteiger partial charge in [-0.25, -0.2) is 0 Å². The molecule has 1 aliphatic heterocycles. The Balaban J connectivity index is 1.97. The highest BCUT2D eigenvalue weighted by atomic mass is 16.4. The third-order valence-corrected chi connectivity index (χ3v) is 5.56. The van der Waals surface area contributed by atoms with Crippen molar-refractivity contribution >= 4 is 11.9 Å². The van der Waals surface area contributed by atoms with Gasteiger partial charge in [-0.2, -0.15) is 0 Å². The van der Waals surface area contributed by atoms with Gasteiger partial charge in [0.2, 0.25) is 5.91 Å². The molecule has 1 N–H and O–H groups in total. The molecule has 0 bridgehead atoms. The van der Waals surface area contributed by atoms with Crippen LogP contribution >= 0.6 is 0 Å². The number of hydrogen-bond donors (Lipinski definition) is 1. The van der Waals surface area contributed by atoms with Crippen molar-refractivity contribution in [3.63, 3.8) is 0 Å². The van der Waals surface area contributed by atoms with Crippen LogP contribution in [0.25, 0.3) is 0 Å². The number of fused-ring (bicyclic) bond motifs is 2. The minimum atomic E-state index is -0.935. The van der Waals surface area contributed by atoms with Crippen LogP contribution in [0, 0.1) is 17.3 Å². The monoisotopic (exact) mass is 289 g/mol. The molecule has 0 unspecified atom stereocenters. The number of rotatable bonds is 2. The van der Waals surface area contributed by atoms with Gasteiger partial charge < -0.3 is 10.0 Å². The second-order valence-electron chi connectivity index (χ2n) is 7.33. The lowest BCUT2D eigenvalue weighted by atomic mass is 9.56. The van der Waals surface area contributed by atoms with Crippen LogP contribution in [0.2, 0.25) is 0 Å². The summed E-state index contributed by atoms with van der Waals surface area (Å²) >= 11 is 0. The van der Waals surface area contributed by atoms with Crippen molar-refractivity contribution in [2.75, 3.05) is 6.54 Å². The molecule has 4 nitrogen and oxygen atoms in total. The van der Waals surface area contributed by atoms with E-state index in [0.717, 1.165) is 24.8 Å². The summed E-state index contributed by atoms with van der Waals surface area (Å²) in [4.78, 5) is 24.8. The Morgan fingerprint density at radius 3 is 2.86 bits per heavy atom. The maximum absolute atomic E-state index is 12.2. The van der Waals surface area contributed by atoms with E-state index in [9.17, 15) is 9.59 Å². The molecule has 2 aliphatic carbocycles. The molecule has 0 aromatic rings. The summed E-state index contributed by atoms with van der Waals surface area (Å²) in [6.07, 6.45) is 7.21. The highest BCUT2D eigenvalue weighted by molar-refractivity contribution is 5.94. The van der Waals surface area contributed by atoms with E-state index in [1.165, 1.54) is 5.57 Å². The third-order valence-electron chi connectivity index (χ3n) is 5.56. The first-order valence-electron chi connectivity index (χ1n) is 7.71. The summed E-state index contributed by atoms with van der Waals surface area (Å²) in [7, 11) is 0. The molecule has 1 heterocycles. The Hall–Kier alpha value is -1.58. The van der Waals surface area contributed by atoms with Gasteiger partial charge in [-0.05, 0) is 49.0 Å². The number of nitrogens with zero attached hydrogens (tertiary/aromatic N) is 1. The Morgan fingerprint density at radius 1 is 1.48 bits per heavy atom. The molecule has 21 heavy (non-hydrogen) atoms. The van der Waals surface area contributed by atoms with Crippen LogP contribution in [0.4, 0.5) is 0 Å². The second-order valence-corrected chi connectivity index (χ2v) is 7.33. The van der Waals surface area contributed by atoms with E-state index in [-0.39, 0.29) is 23.9 Å². The van der Waals surface area contributed by atoms with E-state index in [1.54, 1.807) is 11.0 Å². The molecule has 1 saturated carbocycles. The molecule has 0 aromatic heterocycles. The zero-order valence-corrected chi connectivity index (χ0v) is 12.9. The molecular weight excluding hydrogens is 266 g/mol. The lowest BCUT2D eigenvalue weighted by Gasteiger charge is -2.52. The molecule has 0 spiro atoms. The average molecular weight is 289 g/mol. The van der Waals surface area contributed by atoms with Crippen LogP contribution in [0.5, 0.6) is 0 Å². The van der Waals surface area contributed by atoms with Crippen molar-refractivity contribution in [3.8, 4) is 0 Å². The van der Waals surface area contributed by atoms with Crippen LogP contribution in [-0.2, 0) is 9.59 Å². The molecule has 3 rings (SSSR count). The fourth-order valence-corrected chi connectivity index (χ4v) is 4.77. The number of carboxylic acid groups (broad SMARTS) is 1. The van der Waals surface area contributed by atoms with Gasteiger partial charge in [0.15, 0.2) is 0 Å². The van der Waals surface area contributed by atoms with Crippen molar-refractivity contribution in [3.05, 3.63) is 23.3 Å². The lowest BCUT2D eigenvalue weighted by Crippen LogP contribution is -2.54. The van der Waals surface area contributed by atoms with Crippen molar-refractivity contribution in [1.29, 1.82) is 0 Å². The van der Waals surface area contributed by atoms with E-state index >= 15 is 0 Å². The number of amides is 1. The molecule has 3 aliphatic rings. The van der Waals surface area contributed by atoms with Crippen molar-refractivity contribution in [2.24, 2.45) is 17.3 Å². The maximum Gasteiger partial charge on any atom is 0.323 e. The zero-order chi connectivity index (χ0) is 15.4. The minimum absolute atomic E-state index is 0.0471. The first kappa shape index (κ1) is 14.4. The topological polar surface area (TPSA) is 57.6 Å². The number of carboxylic acids is 1. The number of aliphatic carboxylic acids is 1. The van der Waals surface area contributed by atoms with Crippen molar-refractivity contribution in [2.45, 2.75) is 46.1 Å². The van der Waals surface area contributed by atoms with E-state index in [2.05, 4.69) is 26.8 Å². The Kier molecular flexibility index (Phi) is 3.23. The second kappa shape index (κ2) is 4.72. The van der Waals surface area contributed by atoms with Gasteiger partial charge in [-0.1, -0.05) is 25.5 Å². The van der Waals surface area contributed by atoms with Gasteiger partial charge in [0.25, 0.3) is 0 Å². The smallest absolute Gasteiger partial charge is 0.323 e. The molecule has 0 radical (unpaired) electrons. The molecule has 0 saturated heterocycles. The highest BCUT2D eigenvalue weighted by Crippen LogP contribution is 2.54. The molecule has 4 heteroatoms. The van der Waals surface area contributed by atoms with Gasteiger partial charge in [0.05, 0.1) is 6.04 Å².